The van der Waals surface area contributed by atoms with Gasteiger partial charge in [-0.15, -0.1) is 0 Å². The van der Waals surface area contributed by atoms with E-state index in [-0.39, 0.29) is 18.0 Å². The molecule has 6 heteroatoms. The van der Waals surface area contributed by atoms with Crippen LogP contribution >= 0.6 is 11.6 Å². The van der Waals surface area contributed by atoms with Crippen molar-refractivity contribution in [1.82, 2.24) is 10.2 Å². The van der Waals surface area contributed by atoms with Gasteiger partial charge in [-0.05, 0) is 62.5 Å². The molecule has 3 heterocycles. The summed E-state index contributed by atoms with van der Waals surface area (Å²) in [6, 6.07) is 8.81. The number of hydrogen-bond acceptors (Lipinski definition) is 4. The van der Waals surface area contributed by atoms with Crippen molar-refractivity contribution in [2.75, 3.05) is 11.4 Å². The molecule has 154 valence electrons. The highest BCUT2D eigenvalue weighted by molar-refractivity contribution is 6.33. The smallest absolute Gasteiger partial charge is 0.245 e. The largest absolute Gasteiger partial charge is 0.369 e. The molecular weight excluding hydrogens is 384 g/mol. The summed E-state index contributed by atoms with van der Waals surface area (Å²) < 4.78 is 0. The standard InChI is InChI=1S/C23H29ClN4O/c1-3-20-22(28-13-11-18(24)14-21(28)26-20)23(29)25-15-17-7-9-19(10-8-17)27-12-5-4-6-16(27)2/h7-11,13-14,16,20,22H,3-6,12,15H2,1-2H3,(H,25,29). The van der Waals surface area contributed by atoms with Crippen molar-refractivity contribution >= 4 is 29.0 Å². The lowest BCUT2D eigenvalue weighted by Crippen LogP contribution is -2.48. The number of rotatable bonds is 5. The van der Waals surface area contributed by atoms with Crippen molar-refractivity contribution in [3.63, 3.8) is 0 Å². The summed E-state index contributed by atoms with van der Waals surface area (Å²) in [5, 5.41) is 3.74. The van der Waals surface area contributed by atoms with E-state index in [2.05, 4.69) is 53.3 Å². The Bertz CT molecular complexity index is 845. The number of hydrogen-bond donors (Lipinski definition) is 1. The monoisotopic (exact) mass is 412 g/mol. The van der Waals surface area contributed by atoms with Crippen LogP contribution in [0.2, 0.25) is 0 Å². The zero-order chi connectivity index (χ0) is 20.4. The number of carbonyl (C=O) groups is 1. The Morgan fingerprint density at radius 1 is 1.28 bits per heavy atom. The zero-order valence-corrected chi connectivity index (χ0v) is 17.9. The lowest BCUT2D eigenvalue weighted by Gasteiger charge is -2.35. The van der Waals surface area contributed by atoms with E-state index in [0.717, 1.165) is 24.4 Å². The highest BCUT2D eigenvalue weighted by Crippen LogP contribution is 2.27. The van der Waals surface area contributed by atoms with Gasteiger partial charge in [-0.25, -0.2) is 0 Å². The van der Waals surface area contributed by atoms with E-state index in [0.29, 0.717) is 17.6 Å². The first-order chi connectivity index (χ1) is 14.1. The Morgan fingerprint density at radius 2 is 2.07 bits per heavy atom. The van der Waals surface area contributed by atoms with Gasteiger partial charge in [-0.3, -0.25) is 9.79 Å². The molecule has 4 rings (SSSR count). The van der Waals surface area contributed by atoms with Gasteiger partial charge >= 0.3 is 0 Å². The summed E-state index contributed by atoms with van der Waals surface area (Å²) in [6.07, 6.45) is 10.1. The summed E-state index contributed by atoms with van der Waals surface area (Å²) in [4.78, 5) is 22.0. The zero-order valence-electron chi connectivity index (χ0n) is 17.1. The summed E-state index contributed by atoms with van der Waals surface area (Å²) >= 11 is 6.08. The molecule has 0 spiro atoms. The van der Waals surface area contributed by atoms with Crippen LogP contribution in [-0.4, -0.2) is 41.3 Å². The van der Waals surface area contributed by atoms with Gasteiger partial charge in [0.25, 0.3) is 0 Å². The van der Waals surface area contributed by atoms with E-state index in [1.165, 1.54) is 24.9 Å². The van der Waals surface area contributed by atoms with E-state index >= 15 is 0 Å². The average molecular weight is 413 g/mol. The molecule has 5 nitrogen and oxygen atoms in total. The van der Waals surface area contributed by atoms with Crippen LogP contribution in [0.25, 0.3) is 0 Å². The molecule has 1 fully saturated rings. The highest BCUT2D eigenvalue weighted by Gasteiger charge is 2.39. The molecule has 29 heavy (non-hydrogen) atoms. The molecule has 1 aromatic rings. The molecular formula is C23H29ClN4O. The summed E-state index contributed by atoms with van der Waals surface area (Å²) in [7, 11) is 0. The number of nitrogens with zero attached hydrogens (tertiary/aromatic N) is 3. The van der Waals surface area contributed by atoms with Gasteiger partial charge in [0.1, 0.15) is 11.9 Å². The number of fused-ring (bicyclic) bond motifs is 1. The van der Waals surface area contributed by atoms with Crippen molar-refractivity contribution in [1.29, 1.82) is 0 Å². The Kier molecular flexibility index (Phi) is 5.95. The van der Waals surface area contributed by atoms with Crippen LogP contribution in [0.15, 0.2) is 52.6 Å². The molecule has 0 bridgehead atoms. The van der Waals surface area contributed by atoms with E-state index in [1.807, 2.05) is 17.2 Å². The number of amidine groups is 1. The van der Waals surface area contributed by atoms with Crippen LogP contribution in [0.3, 0.4) is 0 Å². The fourth-order valence-corrected chi connectivity index (χ4v) is 4.59. The van der Waals surface area contributed by atoms with Crippen molar-refractivity contribution < 1.29 is 4.79 Å². The first-order valence-electron chi connectivity index (χ1n) is 10.6. The van der Waals surface area contributed by atoms with Gasteiger partial charge < -0.3 is 15.1 Å². The Labute approximate surface area is 178 Å². The summed E-state index contributed by atoms with van der Waals surface area (Å²) in [6.45, 7) is 6.00. The maximum Gasteiger partial charge on any atom is 0.245 e. The molecule has 3 atom stereocenters. The van der Waals surface area contributed by atoms with E-state index in [1.54, 1.807) is 6.08 Å². The second-order valence-electron chi connectivity index (χ2n) is 8.08. The topological polar surface area (TPSA) is 47.9 Å². The van der Waals surface area contributed by atoms with Crippen LogP contribution in [-0.2, 0) is 11.3 Å². The lowest BCUT2D eigenvalue weighted by atomic mass is 10.0. The van der Waals surface area contributed by atoms with Crippen LogP contribution in [0.5, 0.6) is 0 Å². The molecule has 1 amide bonds. The molecule has 1 N–H and O–H groups in total. The minimum absolute atomic E-state index is 0.000372. The second-order valence-corrected chi connectivity index (χ2v) is 8.52. The number of anilines is 1. The minimum atomic E-state index is -0.319. The molecule has 3 aliphatic rings. The van der Waals surface area contributed by atoms with Crippen LogP contribution < -0.4 is 10.2 Å². The third-order valence-electron chi connectivity index (χ3n) is 6.11. The third kappa shape index (κ3) is 4.20. The number of nitrogens with one attached hydrogen (secondary N) is 1. The SMILES string of the molecule is CCC1N=C2C=C(Cl)C=CN2C1C(=O)NCc1ccc(N2CCCCC2C)cc1. The predicted octanol–water partition coefficient (Wildman–Crippen LogP) is 4.19. The maximum atomic E-state index is 13.0. The van der Waals surface area contributed by atoms with Gasteiger partial charge in [-0.1, -0.05) is 30.7 Å². The molecule has 3 aliphatic heterocycles. The van der Waals surface area contributed by atoms with Gasteiger partial charge in [0.05, 0.1) is 6.04 Å². The first-order valence-corrected chi connectivity index (χ1v) is 11.0. The van der Waals surface area contributed by atoms with Crippen molar-refractivity contribution in [2.45, 2.75) is 64.2 Å². The molecule has 1 saturated heterocycles. The number of aliphatic imine (C=N–C) groups is 1. The molecule has 0 aromatic heterocycles. The number of benzene rings is 1. The number of amides is 1. The average Bonchev–Trinajstić information content (AvgIpc) is 3.10. The molecule has 0 radical (unpaired) electrons. The van der Waals surface area contributed by atoms with Gasteiger partial charge in [-0.2, -0.15) is 0 Å². The Balaban J connectivity index is 1.38. The van der Waals surface area contributed by atoms with Gasteiger partial charge in [0.15, 0.2) is 0 Å². The second kappa shape index (κ2) is 8.62. The van der Waals surface area contributed by atoms with Gasteiger partial charge in [0, 0.05) is 36.1 Å². The fourth-order valence-electron chi connectivity index (χ4n) is 4.44. The van der Waals surface area contributed by atoms with Crippen molar-refractivity contribution in [3.05, 3.63) is 53.2 Å². The Morgan fingerprint density at radius 3 is 2.79 bits per heavy atom. The van der Waals surface area contributed by atoms with Crippen molar-refractivity contribution in [2.24, 2.45) is 4.99 Å². The van der Waals surface area contributed by atoms with E-state index < -0.39 is 0 Å². The molecule has 0 aliphatic carbocycles. The van der Waals surface area contributed by atoms with Crippen LogP contribution in [0.1, 0.15) is 45.1 Å². The van der Waals surface area contributed by atoms with Gasteiger partial charge in [0.2, 0.25) is 5.91 Å². The fraction of sp³-hybridized carbons (Fsp3) is 0.478. The first kappa shape index (κ1) is 20.0. The van der Waals surface area contributed by atoms with E-state index in [4.69, 9.17) is 11.6 Å². The number of carbonyl (C=O) groups excluding carboxylic acids is 1. The number of halogens is 1. The van der Waals surface area contributed by atoms with Crippen LogP contribution in [0, 0.1) is 0 Å². The molecule has 3 unspecified atom stereocenters. The van der Waals surface area contributed by atoms with E-state index in [9.17, 15) is 4.79 Å². The number of piperidine rings is 1. The highest BCUT2D eigenvalue weighted by atomic mass is 35.5. The summed E-state index contributed by atoms with van der Waals surface area (Å²) in [5.74, 6) is 0.768. The summed E-state index contributed by atoms with van der Waals surface area (Å²) in [5.41, 5.74) is 2.38. The predicted molar refractivity (Wildman–Crippen MR) is 119 cm³/mol. The quantitative estimate of drug-likeness (QED) is 0.788. The lowest BCUT2D eigenvalue weighted by molar-refractivity contribution is -0.124. The maximum absolute atomic E-state index is 13.0. The van der Waals surface area contributed by atoms with Crippen molar-refractivity contribution in [3.8, 4) is 0 Å². The normalized spacial score (nSPS) is 26.1. The third-order valence-corrected chi connectivity index (χ3v) is 6.35. The Hall–Kier alpha value is -2.27. The minimum Gasteiger partial charge on any atom is -0.369 e. The molecule has 1 aromatic carbocycles. The number of allylic oxidation sites excluding steroid dienone is 2. The van der Waals surface area contributed by atoms with Crippen LogP contribution in [0.4, 0.5) is 5.69 Å². The molecule has 0 saturated carbocycles.